The maximum atomic E-state index is 10.8. The van der Waals surface area contributed by atoms with E-state index in [2.05, 4.69) is 34.4 Å². The van der Waals surface area contributed by atoms with Gasteiger partial charge in [-0.05, 0) is 38.9 Å². The first-order chi connectivity index (χ1) is 8.58. The molecule has 98 valence electrons. The van der Waals surface area contributed by atoms with Crippen molar-refractivity contribution >= 4 is 11.7 Å². The molecule has 3 N–H and O–H groups in total. The number of anilines is 1. The van der Waals surface area contributed by atoms with Crippen LogP contribution in [0.5, 0.6) is 0 Å². The fourth-order valence-corrected chi connectivity index (χ4v) is 1.80. The second-order valence-corrected chi connectivity index (χ2v) is 4.79. The topological polar surface area (TPSA) is 84.1 Å². The van der Waals surface area contributed by atoms with Gasteiger partial charge in [-0.3, -0.25) is 9.69 Å². The minimum atomic E-state index is -0.559. The number of nitrogens with one attached hydrogen (secondary N) is 1. The molecule has 1 aromatic heterocycles. The van der Waals surface area contributed by atoms with Crippen molar-refractivity contribution in [1.29, 1.82) is 0 Å². The van der Waals surface area contributed by atoms with Gasteiger partial charge >= 0.3 is 0 Å². The Hall–Kier alpha value is -1.69. The van der Waals surface area contributed by atoms with Gasteiger partial charge in [0, 0.05) is 18.6 Å². The van der Waals surface area contributed by atoms with E-state index < -0.39 is 5.91 Å². The summed E-state index contributed by atoms with van der Waals surface area (Å²) in [7, 11) is 2.14. The molecule has 1 atom stereocenters. The molecular formula is C12H19N5O. The average Bonchev–Trinajstić information content (AvgIpc) is 3.19. The Kier molecular flexibility index (Phi) is 3.76. The summed E-state index contributed by atoms with van der Waals surface area (Å²) in [6.45, 7) is 2.98. The molecule has 1 unspecified atom stereocenters. The molecule has 0 aliphatic heterocycles. The lowest BCUT2D eigenvalue weighted by atomic mass is 10.3. The molecule has 1 heterocycles. The van der Waals surface area contributed by atoms with Gasteiger partial charge in [0.25, 0.3) is 5.91 Å². The molecule has 6 nitrogen and oxygen atoms in total. The molecule has 1 amide bonds. The lowest BCUT2D eigenvalue weighted by molar-refractivity contribution is 0.0994. The lowest BCUT2D eigenvalue weighted by Gasteiger charge is -2.24. The summed E-state index contributed by atoms with van der Waals surface area (Å²) < 4.78 is 0. The van der Waals surface area contributed by atoms with Crippen LogP contribution in [0.4, 0.5) is 5.82 Å². The number of aromatic nitrogens is 2. The standard InChI is InChI=1S/C12H19N5O/c1-8(17(2)9-3-4-9)7-14-11-6-5-10(12(13)18)15-16-11/h5-6,8-9H,3-4,7H2,1-2H3,(H2,13,18)(H,14,16). The van der Waals surface area contributed by atoms with Gasteiger partial charge in [0.2, 0.25) is 0 Å². The third-order valence-electron chi connectivity index (χ3n) is 3.31. The minimum absolute atomic E-state index is 0.184. The van der Waals surface area contributed by atoms with Gasteiger partial charge in [0.05, 0.1) is 0 Å². The van der Waals surface area contributed by atoms with E-state index in [1.54, 1.807) is 12.1 Å². The molecule has 1 aliphatic carbocycles. The predicted molar refractivity (Wildman–Crippen MR) is 69.3 cm³/mol. The van der Waals surface area contributed by atoms with Gasteiger partial charge < -0.3 is 11.1 Å². The van der Waals surface area contributed by atoms with Crippen LogP contribution in [0, 0.1) is 0 Å². The van der Waals surface area contributed by atoms with Crippen LogP contribution < -0.4 is 11.1 Å². The Labute approximate surface area is 107 Å². The number of carbonyl (C=O) groups is 1. The van der Waals surface area contributed by atoms with E-state index in [0.717, 1.165) is 12.6 Å². The molecule has 6 heteroatoms. The second-order valence-electron chi connectivity index (χ2n) is 4.79. The van der Waals surface area contributed by atoms with Crippen molar-refractivity contribution in [1.82, 2.24) is 15.1 Å². The molecule has 18 heavy (non-hydrogen) atoms. The van der Waals surface area contributed by atoms with Crippen molar-refractivity contribution in [2.45, 2.75) is 31.8 Å². The number of likely N-dealkylation sites (N-methyl/N-ethyl adjacent to an activating group) is 1. The Bertz CT molecular complexity index is 415. The van der Waals surface area contributed by atoms with Crippen LogP contribution in [-0.2, 0) is 0 Å². The van der Waals surface area contributed by atoms with Crippen LogP contribution in [0.2, 0.25) is 0 Å². The lowest BCUT2D eigenvalue weighted by Crippen LogP contribution is -2.36. The largest absolute Gasteiger partial charge is 0.367 e. The zero-order valence-electron chi connectivity index (χ0n) is 10.8. The van der Waals surface area contributed by atoms with Crippen molar-refractivity contribution in [3.05, 3.63) is 17.8 Å². The number of rotatable bonds is 6. The number of nitrogens with zero attached hydrogens (tertiary/aromatic N) is 3. The number of amides is 1. The number of nitrogens with two attached hydrogens (primary N) is 1. The number of hydrogen-bond donors (Lipinski definition) is 2. The van der Waals surface area contributed by atoms with E-state index in [9.17, 15) is 4.79 Å². The summed E-state index contributed by atoms with van der Waals surface area (Å²) in [5.41, 5.74) is 5.28. The van der Waals surface area contributed by atoms with Crippen LogP contribution in [-0.4, -0.2) is 46.7 Å². The molecule has 0 saturated heterocycles. The first-order valence-corrected chi connectivity index (χ1v) is 6.17. The molecule has 1 aliphatic rings. The quantitative estimate of drug-likeness (QED) is 0.765. The molecule has 0 aromatic carbocycles. The Morgan fingerprint density at radius 1 is 1.56 bits per heavy atom. The molecular weight excluding hydrogens is 230 g/mol. The SMILES string of the molecule is CC(CNc1ccc(C(N)=O)nn1)N(C)C1CC1. The van der Waals surface area contributed by atoms with E-state index in [-0.39, 0.29) is 5.69 Å². The fourth-order valence-electron chi connectivity index (χ4n) is 1.80. The molecule has 0 spiro atoms. The van der Waals surface area contributed by atoms with Gasteiger partial charge in [0.1, 0.15) is 5.82 Å². The zero-order valence-corrected chi connectivity index (χ0v) is 10.8. The average molecular weight is 249 g/mol. The Balaban J connectivity index is 1.83. The summed E-state index contributed by atoms with van der Waals surface area (Å²) in [6, 6.07) is 4.48. The third-order valence-corrected chi connectivity index (χ3v) is 3.31. The van der Waals surface area contributed by atoms with E-state index in [1.807, 2.05) is 0 Å². The molecule has 0 radical (unpaired) electrons. The molecule has 0 bridgehead atoms. The maximum absolute atomic E-state index is 10.8. The smallest absolute Gasteiger partial charge is 0.269 e. The maximum Gasteiger partial charge on any atom is 0.269 e. The highest BCUT2D eigenvalue weighted by Crippen LogP contribution is 2.26. The highest BCUT2D eigenvalue weighted by molar-refractivity contribution is 5.90. The number of hydrogen-bond acceptors (Lipinski definition) is 5. The normalized spacial score (nSPS) is 16.6. The summed E-state index contributed by atoms with van der Waals surface area (Å²) in [4.78, 5) is 13.2. The van der Waals surface area contributed by atoms with Crippen LogP contribution in [0.15, 0.2) is 12.1 Å². The summed E-state index contributed by atoms with van der Waals surface area (Å²) >= 11 is 0. The molecule has 1 aromatic rings. The zero-order chi connectivity index (χ0) is 13.1. The fraction of sp³-hybridized carbons (Fsp3) is 0.583. The first-order valence-electron chi connectivity index (χ1n) is 6.17. The van der Waals surface area contributed by atoms with Crippen LogP contribution >= 0.6 is 0 Å². The second kappa shape index (κ2) is 5.30. The van der Waals surface area contributed by atoms with E-state index in [1.165, 1.54) is 12.8 Å². The Morgan fingerprint density at radius 2 is 2.28 bits per heavy atom. The Morgan fingerprint density at radius 3 is 2.78 bits per heavy atom. The van der Waals surface area contributed by atoms with Crippen molar-refractivity contribution in [3.63, 3.8) is 0 Å². The molecule has 1 fully saturated rings. The van der Waals surface area contributed by atoms with Gasteiger partial charge in [-0.15, -0.1) is 10.2 Å². The molecule has 2 rings (SSSR count). The monoisotopic (exact) mass is 249 g/mol. The molecule has 1 saturated carbocycles. The van der Waals surface area contributed by atoms with E-state index in [0.29, 0.717) is 11.9 Å². The predicted octanol–water partition coefficient (Wildman–Crippen LogP) is 0.470. The summed E-state index contributed by atoms with van der Waals surface area (Å²) in [5.74, 6) is 0.104. The van der Waals surface area contributed by atoms with E-state index >= 15 is 0 Å². The van der Waals surface area contributed by atoms with Crippen LogP contribution in [0.1, 0.15) is 30.3 Å². The highest BCUT2D eigenvalue weighted by Gasteiger charge is 2.28. The van der Waals surface area contributed by atoms with Gasteiger partial charge in [0.15, 0.2) is 5.69 Å². The minimum Gasteiger partial charge on any atom is -0.367 e. The number of carbonyl (C=O) groups excluding carboxylic acids is 1. The van der Waals surface area contributed by atoms with E-state index in [4.69, 9.17) is 5.73 Å². The van der Waals surface area contributed by atoms with Gasteiger partial charge in [-0.2, -0.15) is 0 Å². The van der Waals surface area contributed by atoms with Crippen molar-refractivity contribution in [3.8, 4) is 0 Å². The highest BCUT2D eigenvalue weighted by atomic mass is 16.1. The third kappa shape index (κ3) is 3.16. The van der Waals surface area contributed by atoms with Crippen molar-refractivity contribution in [2.24, 2.45) is 5.73 Å². The van der Waals surface area contributed by atoms with Crippen LogP contribution in [0.25, 0.3) is 0 Å². The number of primary amides is 1. The van der Waals surface area contributed by atoms with Crippen molar-refractivity contribution in [2.75, 3.05) is 18.9 Å². The van der Waals surface area contributed by atoms with Gasteiger partial charge in [-0.25, -0.2) is 0 Å². The summed E-state index contributed by atoms with van der Waals surface area (Å²) in [6.07, 6.45) is 2.60. The first kappa shape index (κ1) is 12.8. The summed E-state index contributed by atoms with van der Waals surface area (Å²) in [5, 5.41) is 10.9. The van der Waals surface area contributed by atoms with Crippen LogP contribution in [0.3, 0.4) is 0 Å². The van der Waals surface area contributed by atoms with Crippen molar-refractivity contribution < 1.29 is 4.79 Å². The van der Waals surface area contributed by atoms with Gasteiger partial charge in [-0.1, -0.05) is 0 Å².